The van der Waals surface area contributed by atoms with E-state index in [2.05, 4.69) is 11.4 Å². The second-order valence-electron chi connectivity index (χ2n) is 5.75. The lowest BCUT2D eigenvalue weighted by Gasteiger charge is -2.12. The van der Waals surface area contributed by atoms with Crippen LogP contribution < -0.4 is 5.32 Å². The second-order valence-corrected chi connectivity index (χ2v) is 8.07. The van der Waals surface area contributed by atoms with Crippen LogP contribution in [0.25, 0.3) is 0 Å². The topological polar surface area (TPSA) is 55.4 Å². The highest BCUT2D eigenvalue weighted by molar-refractivity contribution is 8.03. The van der Waals surface area contributed by atoms with Crippen LogP contribution in [0.15, 0.2) is 11.5 Å². The number of carbonyl (C=O) groups excluding carboxylic acids is 2. The van der Waals surface area contributed by atoms with Crippen LogP contribution in [0.3, 0.4) is 0 Å². The largest absolute Gasteiger partial charge is 0.462 e. The van der Waals surface area contributed by atoms with Crippen molar-refractivity contribution in [2.45, 2.75) is 50.7 Å². The minimum Gasteiger partial charge on any atom is -0.462 e. The fraction of sp³-hybridized carbons (Fsp3) is 0.529. The molecule has 1 N–H and O–H groups in total. The van der Waals surface area contributed by atoms with Crippen LogP contribution in [0.5, 0.6) is 0 Å². The maximum atomic E-state index is 12.3. The lowest BCUT2D eigenvalue weighted by atomic mass is 9.95. The quantitative estimate of drug-likeness (QED) is 0.810. The number of ether oxygens (including phenoxy) is 1. The molecule has 23 heavy (non-hydrogen) atoms. The van der Waals surface area contributed by atoms with Crippen LogP contribution in [0.4, 0.5) is 5.00 Å². The van der Waals surface area contributed by atoms with Crippen LogP contribution in [0.2, 0.25) is 0 Å². The van der Waals surface area contributed by atoms with Gasteiger partial charge in [-0.2, -0.15) is 0 Å². The number of anilines is 1. The van der Waals surface area contributed by atoms with E-state index in [-0.39, 0.29) is 11.9 Å². The SMILES string of the molecule is CCOC(=O)c1c(NC(=O)CC2CC=CS2)sc2c1CCCC2. The van der Waals surface area contributed by atoms with E-state index in [0.717, 1.165) is 37.7 Å². The molecule has 2 aliphatic rings. The molecule has 124 valence electrons. The van der Waals surface area contributed by atoms with Gasteiger partial charge in [-0.3, -0.25) is 4.79 Å². The summed E-state index contributed by atoms with van der Waals surface area (Å²) < 4.78 is 5.21. The molecular formula is C17H21NO3S2. The van der Waals surface area contributed by atoms with Gasteiger partial charge in [-0.25, -0.2) is 4.79 Å². The van der Waals surface area contributed by atoms with E-state index >= 15 is 0 Å². The molecule has 1 aromatic rings. The molecule has 0 spiro atoms. The zero-order chi connectivity index (χ0) is 16.2. The third kappa shape index (κ3) is 3.80. The van der Waals surface area contributed by atoms with Crippen molar-refractivity contribution in [3.8, 4) is 0 Å². The first kappa shape index (κ1) is 16.6. The van der Waals surface area contributed by atoms with Gasteiger partial charge in [0.1, 0.15) is 5.00 Å². The molecule has 1 aliphatic heterocycles. The van der Waals surface area contributed by atoms with Crippen LogP contribution in [0.1, 0.15) is 53.4 Å². The summed E-state index contributed by atoms with van der Waals surface area (Å²) in [6.07, 6.45) is 7.63. The molecule has 0 saturated heterocycles. The molecule has 1 atom stereocenters. The number of nitrogens with one attached hydrogen (secondary N) is 1. The van der Waals surface area contributed by atoms with Gasteiger partial charge in [-0.05, 0) is 50.0 Å². The van der Waals surface area contributed by atoms with Crippen LogP contribution in [0, 0.1) is 0 Å². The number of hydrogen-bond donors (Lipinski definition) is 1. The maximum Gasteiger partial charge on any atom is 0.341 e. The fourth-order valence-electron chi connectivity index (χ4n) is 3.02. The Kier molecular flexibility index (Phi) is 5.43. The molecule has 3 rings (SSSR count). The van der Waals surface area contributed by atoms with Gasteiger partial charge >= 0.3 is 5.97 Å². The summed E-state index contributed by atoms with van der Waals surface area (Å²) in [6.45, 7) is 2.15. The first-order chi connectivity index (χ1) is 11.2. The highest BCUT2D eigenvalue weighted by Crippen LogP contribution is 2.39. The minimum atomic E-state index is -0.306. The standard InChI is InChI=1S/C17H21NO3S2/c1-2-21-17(20)15-12-7-3-4-8-13(12)23-16(15)18-14(19)10-11-6-5-9-22-11/h5,9,11H,2-4,6-8,10H2,1H3,(H,18,19). The molecule has 0 radical (unpaired) electrons. The van der Waals surface area contributed by atoms with E-state index in [1.807, 2.05) is 5.41 Å². The van der Waals surface area contributed by atoms with Gasteiger partial charge < -0.3 is 10.1 Å². The molecule has 2 heterocycles. The summed E-state index contributed by atoms with van der Waals surface area (Å²) in [5.74, 6) is -0.325. The number of esters is 1. The van der Waals surface area contributed by atoms with Crippen molar-refractivity contribution in [1.29, 1.82) is 0 Å². The Morgan fingerprint density at radius 1 is 1.35 bits per heavy atom. The monoisotopic (exact) mass is 351 g/mol. The average Bonchev–Trinajstić information content (AvgIpc) is 3.14. The fourth-order valence-corrected chi connectivity index (χ4v) is 5.23. The Bertz CT molecular complexity index is 628. The number of hydrogen-bond acceptors (Lipinski definition) is 5. The normalized spacial score (nSPS) is 19.4. The van der Waals surface area contributed by atoms with E-state index in [4.69, 9.17) is 4.74 Å². The van der Waals surface area contributed by atoms with Gasteiger partial charge in [0, 0.05) is 16.5 Å². The highest BCUT2D eigenvalue weighted by Gasteiger charge is 2.27. The van der Waals surface area contributed by atoms with E-state index < -0.39 is 0 Å². The Balaban J connectivity index is 1.78. The summed E-state index contributed by atoms with van der Waals surface area (Å²) in [5, 5.41) is 6.01. The van der Waals surface area contributed by atoms with Gasteiger partial charge in [0.05, 0.1) is 12.2 Å². The second kappa shape index (κ2) is 7.53. The van der Waals surface area contributed by atoms with Gasteiger partial charge in [0.15, 0.2) is 0 Å². The van der Waals surface area contributed by atoms with Crippen LogP contribution in [-0.4, -0.2) is 23.7 Å². The van der Waals surface area contributed by atoms with Crippen molar-refractivity contribution < 1.29 is 14.3 Å². The molecule has 0 fully saturated rings. The van der Waals surface area contributed by atoms with Crippen molar-refractivity contribution in [3.63, 3.8) is 0 Å². The Labute approximate surface area is 144 Å². The first-order valence-corrected chi connectivity index (χ1v) is 9.87. The van der Waals surface area contributed by atoms with Gasteiger partial charge in [-0.1, -0.05) is 6.08 Å². The predicted molar refractivity (Wildman–Crippen MR) is 95.3 cm³/mol. The van der Waals surface area contributed by atoms with E-state index in [9.17, 15) is 9.59 Å². The summed E-state index contributed by atoms with van der Waals surface area (Å²) in [4.78, 5) is 25.9. The Morgan fingerprint density at radius 3 is 2.91 bits per heavy atom. The first-order valence-electron chi connectivity index (χ1n) is 8.11. The molecule has 1 aromatic heterocycles. The average molecular weight is 351 g/mol. The number of carbonyl (C=O) groups is 2. The zero-order valence-corrected chi connectivity index (χ0v) is 14.9. The molecule has 6 heteroatoms. The molecule has 1 aliphatic carbocycles. The molecule has 1 amide bonds. The lowest BCUT2D eigenvalue weighted by Crippen LogP contribution is -2.18. The number of allylic oxidation sites excluding steroid dienone is 1. The third-order valence-corrected chi connectivity index (χ3v) is 6.38. The molecular weight excluding hydrogens is 330 g/mol. The summed E-state index contributed by atoms with van der Waals surface area (Å²) in [5.41, 5.74) is 1.68. The lowest BCUT2D eigenvalue weighted by molar-refractivity contribution is -0.116. The third-order valence-electron chi connectivity index (χ3n) is 4.08. The number of fused-ring (bicyclic) bond motifs is 1. The summed E-state index contributed by atoms with van der Waals surface area (Å²) >= 11 is 3.24. The van der Waals surface area contributed by atoms with Crippen molar-refractivity contribution in [3.05, 3.63) is 27.5 Å². The Hall–Kier alpha value is -1.27. The molecule has 0 saturated carbocycles. The summed E-state index contributed by atoms with van der Waals surface area (Å²) in [6, 6.07) is 0. The number of aryl methyl sites for hydroxylation is 1. The number of rotatable bonds is 5. The molecule has 0 bridgehead atoms. The van der Waals surface area contributed by atoms with E-state index in [1.165, 1.54) is 4.88 Å². The number of thiophene rings is 1. The van der Waals surface area contributed by atoms with Gasteiger partial charge in [0.25, 0.3) is 0 Å². The van der Waals surface area contributed by atoms with Gasteiger partial charge in [0.2, 0.25) is 5.91 Å². The van der Waals surface area contributed by atoms with Crippen LogP contribution in [-0.2, 0) is 22.4 Å². The number of thioether (sulfide) groups is 1. The minimum absolute atomic E-state index is 0.0182. The van der Waals surface area contributed by atoms with Crippen molar-refractivity contribution in [1.82, 2.24) is 0 Å². The maximum absolute atomic E-state index is 12.3. The predicted octanol–water partition coefficient (Wildman–Crippen LogP) is 4.15. The number of amides is 1. The zero-order valence-electron chi connectivity index (χ0n) is 13.2. The smallest absolute Gasteiger partial charge is 0.341 e. The summed E-state index contributed by atoms with van der Waals surface area (Å²) in [7, 11) is 0. The highest BCUT2D eigenvalue weighted by atomic mass is 32.2. The molecule has 0 aromatic carbocycles. The molecule has 1 unspecified atom stereocenters. The van der Waals surface area contributed by atoms with E-state index in [0.29, 0.717) is 28.8 Å². The van der Waals surface area contributed by atoms with Gasteiger partial charge in [-0.15, -0.1) is 23.1 Å². The van der Waals surface area contributed by atoms with Crippen LogP contribution >= 0.6 is 23.1 Å². The van der Waals surface area contributed by atoms with Crippen molar-refractivity contribution in [2.24, 2.45) is 0 Å². The van der Waals surface area contributed by atoms with Crippen molar-refractivity contribution in [2.75, 3.05) is 11.9 Å². The van der Waals surface area contributed by atoms with Crippen molar-refractivity contribution >= 4 is 40.0 Å². The Morgan fingerprint density at radius 2 is 2.17 bits per heavy atom. The molecule has 4 nitrogen and oxygen atoms in total. The van der Waals surface area contributed by atoms with E-state index in [1.54, 1.807) is 30.0 Å².